The number of alkyl halides is 1. The van der Waals surface area contributed by atoms with Crippen molar-refractivity contribution in [3.05, 3.63) is 36.2 Å². The molecule has 1 N–H and O–H groups in total. The zero-order valence-corrected chi connectivity index (χ0v) is 11.8. The van der Waals surface area contributed by atoms with Gasteiger partial charge in [-0.3, -0.25) is 9.18 Å². The van der Waals surface area contributed by atoms with Crippen molar-refractivity contribution in [3.8, 4) is 11.4 Å². The molecule has 1 amide bonds. The zero-order valence-electron chi connectivity index (χ0n) is 11.8. The third-order valence-corrected chi connectivity index (χ3v) is 2.91. The highest BCUT2D eigenvalue weighted by molar-refractivity contribution is 5.91. The van der Waals surface area contributed by atoms with Crippen LogP contribution in [0.25, 0.3) is 5.69 Å². The number of ether oxygens (including phenoxy) is 1. The average Bonchev–Trinajstić information content (AvgIpc) is 3.01. The van der Waals surface area contributed by atoms with E-state index in [0.717, 1.165) is 11.4 Å². The van der Waals surface area contributed by atoms with Gasteiger partial charge in [-0.1, -0.05) is 5.21 Å². The van der Waals surface area contributed by atoms with Gasteiger partial charge in [0.2, 0.25) is 0 Å². The van der Waals surface area contributed by atoms with Crippen LogP contribution in [0, 0.1) is 0 Å². The van der Waals surface area contributed by atoms with Crippen LogP contribution in [0.2, 0.25) is 0 Å². The largest absolute Gasteiger partial charge is 0.497 e. The monoisotopic (exact) mass is 292 g/mol. The quantitative estimate of drug-likeness (QED) is 0.789. The number of halogens is 1. The average molecular weight is 292 g/mol. The predicted octanol–water partition coefficient (Wildman–Crippen LogP) is 1.76. The molecule has 0 saturated heterocycles. The molecule has 2 rings (SSSR count). The molecule has 0 unspecified atom stereocenters. The molecule has 0 aliphatic heterocycles. The van der Waals surface area contributed by atoms with E-state index in [4.69, 9.17) is 4.74 Å². The molecule has 0 bridgehead atoms. The van der Waals surface area contributed by atoms with E-state index >= 15 is 0 Å². The number of benzene rings is 1. The topological polar surface area (TPSA) is 69.0 Å². The minimum absolute atomic E-state index is 0.228. The van der Waals surface area contributed by atoms with Crippen LogP contribution in [-0.2, 0) is 0 Å². The van der Waals surface area contributed by atoms with Gasteiger partial charge in [0, 0.05) is 6.54 Å². The van der Waals surface area contributed by atoms with Gasteiger partial charge in [0.25, 0.3) is 5.91 Å². The van der Waals surface area contributed by atoms with Crippen molar-refractivity contribution < 1.29 is 13.9 Å². The lowest BCUT2D eigenvalue weighted by Crippen LogP contribution is -2.24. The Labute approximate surface area is 121 Å². The van der Waals surface area contributed by atoms with Gasteiger partial charge in [-0.05, 0) is 37.1 Å². The first-order valence-corrected chi connectivity index (χ1v) is 6.65. The Kier molecular flexibility index (Phi) is 5.25. The standard InChI is InChI=1S/C14H17FN4O2/c1-21-12-6-4-11(5-7-12)19-10-13(17-18-19)14(20)16-9-3-2-8-15/h4-7,10H,2-3,8-9H2,1H3,(H,16,20). The number of nitrogens with one attached hydrogen (secondary N) is 1. The second-order valence-electron chi connectivity index (χ2n) is 4.40. The Morgan fingerprint density at radius 1 is 1.33 bits per heavy atom. The molecule has 0 spiro atoms. The molecule has 6 nitrogen and oxygen atoms in total. The van der Waals surface area contributed by atoms with Crippen LogP contribution in [0.5, 0.6) is 5.75 Å². The molecule has 1 aromatic carbocycles. The first-order valence-electron chi connectivity index (χ1n) is 6.65. The highest BCUT2D eigenvalue weighted by Crippen LogP contribution is 2.14. The lowest BCUT2D eigenvalue weighted by Gasteiger charge is -2.02. The fourth-order valence-corrected chi connectivity index (χ4v) is 1.74. The molecule has 0 aliphatic rings. The molecule has 21 heavy (non-hydrogen) atoms. The van der Waals surface area contributed by atoms with Crippen molar-refractivity contribution in [2.45, 2.75) is 12.8 Å². The van der Waals surface area contributed by atoms with E-state index in [9.17, 15) is 9.18 Å². The molecule has 7 heteroatoms. The summed E-state index contributed by atoms with van der Waals surface area (Å²) < 4.78 is 18.5. The molecule has 0 atom stereocenters. The lowest BCUT2D eigenvalue weighted by molar-refractivity contribution is 0.0947. The van der Waals surface area contributed by atoms with Gasteiger partial charge in [0.05, 0.1) is 25.7 Å². The SMILES string of the molecule is COc1ccc(-n2cc(C(=O)NCCCCF)nn2)cc1. The van der Waals surface area contributed by atoms with Gasteiger partial charge in [0.15, 0.2) is 5.69 Å². The summed E-state index contributed by atoms with van der Waals surface area (Å²) in [5.41, 5.74) is 1.01. The fraction of sp³-hybridized carbons (Fsp3) is 0.357. The summed E-state index contributed by atoms with van der Waals surface area (Å²) in [4.78, 5) is 11.8. The number of hydrogen-bond acceptors (Lipinski definition) is 4. The molecule has 112 valence electrons. The second kappa shape index (κ2) is 7.37. The van der Waals surface area contributed by atoms with Gasteiger partial charge < -0.3 is 10.1 Å². The highest BCUT2D eigenvalue weighted by Gasteiger charge is 2.10. The first kappa shape index (κ1) is 15.0. The number of hydrogen-bond donors (Lipinski definition) is 1. The fourth-order valence-electron chi connectivity index (χ4n) is 1.74. The number of carbonyl (C=O) groups excluding carboxylic acids is 1. The maximum atomic E-state index is 11.9. The van der Waals surface area contributed by atoms with E-state index in [0.29, 0.717) is 19.4 Å². The van der Waals surface area contributed by atoms with E-state index in [1.807, 2.05) is 12.1 Å². The van der Waals surface area contributed by atoms with E-state index in [-0.39, 0.29) is 18.3 Å². The molecule has 2 aromatic rings. The van der Waals surface area contributed by atoms with Crippen LogP contribution >= 0.6 is 0 Å². The number of carbonyl (C=O) groups is 1. The molecule has 0 fully saturated rings. The van der Waals surface area contributed by atoms with Crippen molar-refractivity contribution in [2.75, 3.05) is 20.3 Å². The molecular weight excluding hydrogens is 275 g/mol. The van der Waals surface area contributed by atoms with Gasteiger partial charge in [-0.15, -0.1) is 5.10 Å². The smallest absolute Gasteiger partial charge is 0.273 e. The maximum absolute atomic E-state index is 11.9. The van der Waals surface area contributed by atoms with Gasteiger partial charge >= 0.3 is 0 Å². The van der Waals surface area contributed by atoms with E-state index in [2.05, 4.69) is 15.6 Å². The Hall–Kier alpha value is -2.44. The molecule has 0 radical (unpaired) electrons. The first-order chi connectivity index (χ1) is 10.2. The number of rotatable bonds is 7. The number of unbranched alkanes of at least 4 members (excludes halogenated alkanes) is 1. The second-order valence-corrected chi connectivity index (χ2v) is 4.40. The zero-order chi connectivity index (χ0) is 15.1. The van der Waals surface area contributed by atoms with Crippen LogP contribution in [0.4, 0.5) is 4.39 Å². The lowest BCUT2D eigenvalue weighted by atomic mass is 10.3. The Balaban J connectivity index is 1.98. The van der Waals surface area contributed by atoms with Crippen molar-refractivity contribution in [1.82, 2.24) is 20.3 Å². The van der Waals surface area contributed by atoms with Gasteiger partial charge in [-0.25, -0.2) is 4.68 Å². The maximum Gasteiger partial charge on any atom is 0.273 e. The van der Waals surface area contributed by atoms with E-state index in [1.165, 1.54) is 4.68 Å². The summed E-state index contributed by atoms with van der Waals surface area (Å²) in [6, 6.07) is 7.23. The molecule has 0 aliphatic carbocycles. The Morgan fingerprint density at radius 3 is 2.76 bits per heavy atom. The number of methoxy groups -OCH3 is 1. The molecule has 0 saturated carbocycles. The summed E-state index contributed by atoms with van der Waals surface area (Å²) >= 11 is 0. The van der Waals surface area contributed by atoms with Crippen molar-refractivity contribution >= 4 is 5.91 Å². The summed E-state index contributed by atoms with van der Waals surface area (Å²) in [6.45, 7) is 0.0572. The normalized spacial score (nSPS) is 10.4. The van der Waals surface area contributed by atoms with E-state index in [1.54, 1.807) is 25.4 Å². The number of amides is 1. The van der Waals surface area contributed by atoms with Crippen molar-refractivity contribution in [1.29, 1.82) is 0 Å². The molecular formula is C14H17FN4O2. The minimum Gasteiger partial charge on any atom is -0.497 e. The molecule has 1 heterocycles. The van der Waals surface area contributed by atoms with Crippen molar-refractivity contribution in [2.24, 2.45) is 0 Å². The van der Waals surface area contributed by atoms with Gasteiger partial charge in [-0.2, -0.15) is 0 Å². The van der Waals surface area contributed by atoms with Crippen LogP contribution in [0.3, 0.4) is 0 Å². The van der Waals surface area contributed by atoms with Crippen LogP contribution < -0.4 is 10.1 Å². The highest BCUT2D eigenvalue weighted by atomic mass is 19.1. The summed E-state index contributed by atoms with van der Waals surface area (Å²) in [7, 11) is 1.59. The van der Waals surface area contributed by atoms with Crippen molar-refractivity contribution in [3.63, 3.8) is 0 Å². The van der Waals surface area contributed by atoms with Crippen LogP contribution in [0.1, 0.15) is 23.3 Å². The number of aromatic nitrogens is 3. The Morgan fingerprint density at radius 2 is 2.10 bits per heavy atom. The predicted molar refractivity (Wildman–Crippen MR) is 75.5 cm³/mol. The van der Waals surface area contributed by atoms with Crippen LogP contribution in [0.15, 0.2) is 30.5 Å². The summed E-state index contributed by atoms with van der Waals surface area (Å²) in [5, 5.41) is 10.4. The molecule has 1 aromatic heterocycles. The Bertz CT molecular complexity index is 583. The summed E-state index contributed by atoms with van der Waals surface area (Å²) in [5.74, 6) is 0.429. The third-order valence-electron chi connectivity index (χ3n) is 2.91. The van der Waals surface area contributed by atoms with E-state index < -0.39 is 0 Å². The third kappa shape index (κ3) is 4.01. The van der Waals surface area contributed by atoms with Gasteiger partial charge in [0.1, 0.15) is 5.75 Å². The summed E-state index contributed by atoms with van der Waals surface area (Å²) in [6.07, 6.45) is 2.60. The van der Waals surface area contributed by atoms with Crippen LogP contribution in [-0.4, -0.2) is 41.2 Å². The minimum atomic E-state index is -0.372. The number of nitrogens with zero attached hydrogens (tertiary/aromatic N) is 3.